The summed E-state index contributed by atoms with van der Waals surface area (Å²) < 4.78 is 1.32. The number of nitrogens with zero attached hydrogens (tertiary/aromatic N) is 3. The van der Waals surface area contributed by atoms with Gasteiger partial charge in [0.1, 0.15) is 12.1 Å². The van der Waals surface area contributed by atoms with Crippen molar-refractivity contribution in [2.24, 2.45) is 0 Å². The summed E-state index contributed by atoms with van der Waals surface area (Å²) in [5, 5.41) is 2.84. The Morgan fingerprint density at radius 3 is 2.87 bits per heavy atom. The molecule has 1 aromatic carbocycles. The summed E-state index contributed by atoms with van der Waals surface area (Å²) in [4.78, 5) is 32.5. The zero-order chi connectivity index (χ0) is 16.4. The maximum atomic E-state index is 12.3. The number of carbonyl (C=O) groups is 1. The highest BCUT2D eigenvalue weighted by molar-refractivity contribution is 5.92. The molecular weight excluding hydrogens is 292 g/mol. The van der Waals surface area contributed by atoms with Gasteiger partial charge in [-0.2, -0.15) is 0 Å². The molecule has 1 amide bonds. The molecular formula is C17H16N4O2. The molecule has 0 aliphatic heterocycles. The Morgan fingerprint density at radius 2 is 2.04 bits per heavy atom. The lowest BCUT2D eigenvalue weighted by atomic mass is 10.1. The first-order valence-corrected chi connectivity index (χ1v) is 7.22. The van der Waals surface area contributed by atoms with Crippen molar-refractivity contribution in [2.75, 3.05) is 5.32 Å². The molecule has 3 aromatic rings. The molecule has 3 rings (SSSR count). The van der Waals surface area contributed by atoms with E-state index in [4.69, 9.17) is 0 Å². The van der Waals surface area contributed by atoms with E-state index in [0.29, 0.717) is 11.2 Å². The molecule has 0 saturated heterocycles. The Bertz CT molecular complexity index is 947. The molecule has 6 nitrogen and oxygen atoms in total. The first-order valence-electron chi connectivity index (χ1n) is 7.22. The second-order valence-electron chi connectivity index (χ2n) is 5.40. The first-order chi connectivity index (χ1) is 11.0. The fourth-order valence-electron chi connectivity index (χ4n) is 2.35. The zero-order valence-electron chi connectivity index (χ0n) is 12.9. The van der Waals surface area contributed by atoms with Crippen LogP contribution in [0.15, 0.2) is 47.5 Å². The average molecular weight is 308 g/mol. The van der Waals surface area contributed by atoms with Gasteiger partial charge in [0.05, 0.1) is 6.20 Å². The number of rotatable bonds is 3. The second kappa shape index (κ2) is 6.00. The van der Waals surface area contributed by atoms with Crippen molar-refractivity contribution in [1.29, 1.82) is 0 Å². The molecule has 2 heterocycles. The monoisotopic (exact) mass is 308 g/mol. The summed E-state index contributed by atoms with van der Waals surface area (Å²) in [5.74, 6) is -0.279. The van der Waals surface area contributed by atoms with Gasteiger partial charge in [-0.05, 0) is 43.2 Å². The Labute approximate surface area is 132 Å². The number of hydrogen-bond acceptors (Lipinski definition) is 4. The Hall–Kier alpha value is -3.02. The van der Waals surface area contributed by atoms with Crippen molar-refractivity contribution in [3.63, 3.8) is 0 Å². The zero-order valence-corrected chi connectivity index (χ0v) is 12.9. The molecule has 0 radical (unpaired) electrons. The van der Waals surface area contributed by atoms with E-state index in [-0.39, 0.29) is 18.0 Å². The number of pyridine rings is 1. The molecule has 0 bridgehead atoms. The second-order valence-corrected chi connectivity index (χ2v) is 5.40. The molecule has 1 N–H and O–H groups in total. The number of aromatic nitrogens is 3. The molecule has 0 unspecified atom stereocenters. The Balaban J connectivity index is 1.90. The number of aryl methyl sites for hydroxylation is 2. The number of benzene rings is 1. The van der Waals surface area contributed by atoms with Crippen LogP contribution >= 0.6 is 0 Å². The molecule has 116 valence electrons. The quantitative estimate of drug-likeness (QED) is 0.803. The van der Waals surface area contributed by atoms with Gasteiger partial charge in [0.25, 0.3) is 5.56 Å². The van der Waals surface area contributed by atoms with Gasteiger partial charge in [-0.25, -0.2) is 9.97 Å². The van der Waals surface area contributed by atoms with Crippen LogP contribution in [0.2, 0.25) is 0 Å². The van der Waals surface area contributed by atoms with E-state index >= 15 is 0 Å². The molecule has 23 heavy (non-hydrogen) atoms. The number of carbonyl (C=O) groups excluding carboxylic acids is 1. The third-order valence-corrected chi connectivity index (χ3v) is 3.57. The summed E-state index contributed by atoms with van der Waals surface area (Å²) in [6.45, 7) is 3.77. The minimum Gasteiger partial charge on any atom is -0.324 e. The van der Waals surface area contributed by atoms with Gasteiger partial charge in [-0.1, -0.05) is 12.1 Å². The van der Waals surface area contributed by atoms with Gasteiger partial charge in [0.2, 0.25) is 5.91 Å². The molecule has 0 atom stereocenters. The van der Waals surface area contributed by atoms with Crippen LogP contribution in [0, 0.1) is 13.8 Å². The van der Waals surface area contributed by atoms with Gasteiger partial charge >= 0.3 is 0 Å². The summed E-state index contributed by atoms with van der Waals surface area (Å²) in [7, 11) is 0. The third kappa shape index (κ3) is 3.11. The van der Waals surface area contributed by atoms with Gasteiger partial charge in [0.15, 0.2) is 5.65 Å². The van der Waals surface area contributed by atoms with Crippen LogP contribution in [-0.2, 0) is 11.3 Å². The fraction of sp³-hybridized carbons (Fsp3) is 0.176. The molecule has 0 aliphatic carbocycles. The topological polar surface area (TPSA) is 76.9 Å². The van der Waals surface area contributed by atoms with E-state index < -0.39 is 0 Å². The van der Waals surface area contributed by atoms with Gasteiger partial charge in [0, 0.05) is 11.9 Å². The van der Waals surface area contributed by atoms with Crippen LogP contribution in [0.25, 0.3) is 11.2 Å². The lowest BCUT2D eigenvalue weighted by molar-refractivity contribution is -0.116. The van der Waals surface area contributed by atoms with Crippen molar-refractivity contribution in [3.8, 4) is 0 Å². The van der Waals surface area contributed by atoms with Crippen molar-refractivity contribution in [3.05, 3.63) is 64.2 Å². The molecule has 0 spiro atoms. The SMILES string of the molecule is Cc1ccc(C)c(NC(=O)Cn2c(=O)cnc3cccnc32)c1. The number of nitrogens with one attached hydrogen (secondary N) is 1. The minimum absolute atomic E-state index is 0.109. The van der Waals surface area contributed by atoms with Crippen molar-refractivity contribution >= 4 is 22.8 Å². The van der Waals surface area contributed by atoms with Gasteiger partial charge in [-0.3, -0.25) is 14.2 Å². The van der Waals surface area contributed by atoms with Crippen LogP contribution in [-0.4, -0.2) is 20.4 Å². The van der Waals surface area contributed by atoms with E-state index in [1.54, 1.807) is 18.3 Å². The summed E-state index contributed by atoms with van der Waals surface area (Å²) in [5.41, 5.74) is 3.39. The molecule has 0 saturated carbocycles. The molecule has 0 aliphatic rings. The Morgan fingerprint density at radius 1 is 1.22 bits per heavy atom. The van der Waals surface area contributed by atoms with Crippen molar-refractivity contribution < 1.29 is 4.79 Å². The number of amides is 1. The predicted molar refractivity (Wildman–Crippen MR) is 88.3 cm³/mol. The minimum atomic E-state index is -0.354. The predicted octanol–water partition coefficient (Wildman–Crippen LogP) is 2.05. The first kappa shape index (κ1) is 14.9. The highest BCUT2D eigenvalue weighted by atomic mass is 16.2. The van der Waals surface area contributed by atoms with Crippen molar-refractivity contribution in [2.45, 2.75) is 20.4 Å². The lowest BCUT2D eigenvalue weighted by Gasteiger charge is -2.11. The van der Waals surface area contributed by atoms with Gasteiger partial charge < -0.3 is 5.32 Å². The number of hydrogen-bond donors (Lipinski definition) is 1. The highest BCUT2D eigenvalue weighted by Gasteiger charge is 2.11. The normalized spacial score (nSPS) is 10.7. The third-order valence-electron chi connectivity index (χ3n) is 3.57. The highest BCUT2D eigenvalue weighted by Crippen LogP contribution is 2.16. The number of fused-ring (bicyclic) bond motifs is 1. The van der Waals surface area contributed by atoms with Crippen molar-refractivity contribution in [1.82, 2.24) is 14.5 Å². The average Bonchev–Trinajstić information content (AvgIpc) is 2.54. The smallest absolute Gasteiger partial charge is 0.271 e. The Kier molecular flexibility index (Phi) is 3.89. The van der Waals surface area contributed by atoms with Crippen LogP contribution < -0.4 is 10.9 Å². The molecule has 6 heteroatoms. The van der Waals surface area contributed by atoms with E-state index in [0.717, 1.165) is 16.8 Å². The maximum absolute atomic E-state index is 12.3. The largest absolute Gasteiger partial charge is 0.324 e. The maximum Gasteiger partial charge on any atom is 0.271 e. The van der Waals surface area contributed by atoms with E-state index in [9.17, 15) is 9.59 Å². The van der Waals surface area contributed by atoms with E-state index in [2.05, 4.69) is 15.3 Å². The fourth-order valence-corrected chi connectivity index (χ4v) is 2.35. The molecule has 2 aromatic heterocycles. The van der Waals surface area contributed by atoms with Crippen LogP contribution in [0.4, 0.5) is 5.69 Å². The van der Waals surface area contributed by atoms with Crippen LogP contribution in [0.5, 0.6) is 0 Å². The number of anilines is 1. The van der Waals surface area contributed by atoms with E-state index in [1.165, 1.54) is 10.8 Å². The van der Waals surface area contributed by atoms with Crippen LogP contribution in [0.3, 0.4) is 0 Å². The summed E-state index contributed by atoms with van der Waals surface area (Å²) in [6, 6.07) is 9.32. The van der Waals surface area contributed by atoms with Gasteiger partial charge in [-0.15, -0.1) is 0 Å². The van der Waals surface area contributed by atoms with Crippen LogP contribution in [0.1, 0.15) is 11.1 Å². The summed E-state index contributed by atoms with van der Waals surface area (Å²) >= 11 is 0. The lowest BCUT2D eigenvalue weighted by Crippen LogP contribution is -2.28. The van der Waals surface area contributed by atoms with E-state index in [1.807, 2.05) is 32.0 Å². The molecule has 0 fully saturated rings. The standard InChI is InChI=1S/C17H16N4O2/c1-11-5-6-12(2)14(8-11)20-15(22)10-21-16(23)9-19-13-4-3-7-18-17(13)21/h3-9H,10H2,1-2H3,(H,20,22). The summed E-state index contributed by atoms with van der Waals surface area (Å²) in [6.07, 6.45) is 2.78.